The molecule has 1 heterocycles. The van der Waals surface area contributed by atoms with Gasteiger partial charge in [-0.05, 0) is 30.7 Å². The molecule has 0 radical (unpaired) electrons. The van der Waals surface area contributed by atoms with Gasteiger partial charge in [-0.3, -0.25) is 9.69 Å². The molecule has 1 saturated heterocycles. The largest absolute Gasteiger partial charge is 0.399 e. The first kappa shape index (κ1) is 12.8. The van der Waals surface area contributed by atoms with E-state index in [1.165, 1.54) is 4.90 Å². The molecule has 96 valence electrons. The fourth-order valence-corrected chi connectivity index (χ4v) is 2.61. The maximum atomic E-state index is 11.3. The van der Waals surface area contributed by atoms with Crippen LogP contribution in [0.25, 0.3) is 0 Å². The number of rotatable bonds is 4. The van der Waals surface area contributed by atoms with E-state index < -0.39 is 0 Å². The molecule has 0 saturated carbocycles. The van der Waals surface area contributed by atoms with Crippen LogP contribution in [0, 0.1) is 6.92 Å². The fraction of sp³-hybridized carbons (Fsp3) is 0.333. The molecule has 1 aliphatic heterocycles. The van der Waals surface area contributed by atoms with Crippen molar-refractivity contribution in [3.05, 3.63) is 23.8 Å². The topological polar surface area (TPSA) is 75.4 Å². The van der Waals surface area contributed by atoms with Crippen molar-refractivity contribution in [2.75, 3.05) is 24.6 Å². The predicted molar refractivity (Wildman–Crippen MR) is 71.4 cm³/mol. The number of thioether (sulfide) groups is 1. The molecule has 3 N–H and O–H groups in total. The van der Waals surface area contributed by atoms with E-state index in [0.717, 1.165) is 16.1 Å². The minimum atomic E-state index is -0.297. The van der Waals surface area contributed by atoms with Gasteiger partial charge in [0.05, 0.1) is 6.54 Å². The molecule has 0 spiro atoms. The minimum Gasteiger partial charge on any atom is -0.399 e. The van der Waals surface area contributed by atoms with Crippen LogP contribution in [0.1, 0.15) is 5.56 Å². The summed E-state index contributed by atoms with van der Waals surface area (Å²) in [4.78, 5) is 25.0. The molecule has 1 fully saturated rings. The summed E-state index contributed by atoms with van der Waals surface area (Å²) >= 11 is 1.60. The lowest BCUT2D eigenvalue weighted by molar-refractivity contribution is -0.124. The highest BCUT2D eigenvalue weighted by Crippen LogP contribution is 2.22. The Balaban J connectivity index is 1.86. The molecule has 1 aromatic rings. The second-order valence-electron chi connectivity index (χ2n) is 4.07. The number of hydrogen-bond acceptors (Lipinski definition) is 4. The van der Waals surface area contributed by atoms with Gasteiger partial charge < -0.3 is 11.1 Å². The Hall–Kier alpha value is -1.69. The number of aryl methyl sites for hydroxylation is 1. The van der Waals surface area contributed by atoms with Crippen LogP contribution in [-0.2, 0) is 4.79 Å². The van der Waals surface area contributed by atoms with Gasteiger partial charge in [-0.2, -0.15) is 0 Å². The summed E-state index contributed by atoms with van der Waals surface area (Å²) in [5.41, 5.74) is 7.55. The third-order valence-corrected chi connectivity index (χ3v) is 3.74. The van der Waals surface area contributed by atoms with Crippen molar-refractivity contribution in [3.8, 4) is 0 Å². The van der Waals surface area contributed by atoms with Gasteiger partial charge in [0.15, 0.2) is 0 Å². The lowest BCUT2D eigenvalue weighted by Crippen LogP contribution is -2.32. The molecule has 6 heteroatoms. The Labute approximate surface area is 110 Å². The Morgan fingerprint density at radius 2 is 2.22 bits per heavy atom. The Bertz CT molecular complexity index is 474. The smallest absolute Gasteiger partial charge is 0.324 e. The van der Waals surface area contributed by atoms with Crippen molar-refractivity contribution in [2.24, 2.45) is 0 Å². The number of imide groups is 1. The third-order valence-electron chi connectivity index (χ3n) is 2.76. The maximum Gasteiger partial charge on any atom is 0.324 e. The Morgan fingerprint density at radius 1 is 1.44 bits per heavy atom. The SMILES string of the molecule is Cc1cc(SCCN2C(=O)CNC2=O)ccc1N. The summed E-state index contributed by atoms with van der Waals surface area (Å²) in [5, 5.41) is 2.50. The lowest BCUT2D eigenvalue weighted by Gasteiger charge is -2.12. The first-order valence-corrected chi connectivity index (χ1v) is 6.63. The van der Waals surface area contributed by atoms with Gasteiger partial charge in [-0.1, -0.05) is 0 Å². The molecule has 0 aromatic heterocycles. The van der Waals surface area contributed by atoms with Crippen LogP contribution in [0.2, 0.25) is 0 Å². The molecule has 0 unspecified atom stereocenters. The van der Waals surface area contributed by atoms with Gasteiger partial charge in [0, 0.05) is 22.9 Å². The van der Waals surface area contributed by atoms with Crippen LogP contribution in [0.4, 0.5) is 10.5 Å². The number of nitrogens with one attached hydrogen (secondary N) is 1. The van der Waals surface area contributed by atoms with E-state index in [0.29, 0.717) is 12.3 Å². The average molecular weight is 265 g/mol. The molecule has 18 heavy (non-hydrogen) atoms. The van der Waals surface area contributed by atoms with Crippen LogP contribution in [-0.4, -0.2) is 35.7 Å². The Morgan fingerprint density at radius 3 is 2.83 bits per heavy atom. The summed E-state index contributed by atoms with van der Waals surface area (Å²) in [5.74, 6) is 0.525. The van der Waals surface area contributed by atoms with Gasteiger partial charge in [0.2, 0.25) is 5.91 Å². The van der Waals surface area contributed by atoms with E-state index in [2.05, 4.69) is 5.32 Å². The van der Waals surface area contributed by atoms with Crippen LogP contribution in [0.3, 0.4) is 0 Å². The van der Waals surface area contributed by atoms with Gasteiger partial charge in [-0.15, -0.1) is 11.8 Å². The number of carbonyl (C=O) groups excluding carboxylic acids is 2. The first-order chi connectivity index (χ1) is 8.58. The minimum absolute atomic E-state index is 0.116. The number of anilines is 1. The number of nitrogen functional groups attached to an aromatic ring is 1. The molecule has 0 aliphatic carbocycles. The Kier molecular flexibility index (Phi) is 3.76. The molecular weight excluding hydrogens is 250 g/mol. The number of amides is 3. The molecule has 2 rings (SSSR count). The molecule has 1 aliphatic rings. The highest BCUT2D eigenvalue weighted by atomic mass is 32.2. The van der Waals surface area contributed by atoms with Gasteiger partial charge in [0.1, 0.15) is 0 Å². The third kappa shape index (κ3) is 2.76. The zero-order chi connectivity index (χ0) is 13.1. The van der Waals surface area contributed by atoms with Crippen LogP contribution in [0.5, 0.6) is 0 Å². The van der Waals surface area contributed by atoms with Crippen LogP contribution >= 0.6 is 11.8 Å². The summed E-state index contributed by atoms with van der Waals surface area (Å²) in [6.45, 7) is 2.50. The number of nitrogens with zero attached hydrogens (tertiary/aromatic N) is 1. The summed E-state index contributed by atoms with van der Waals surface area (Å²) in [6, 6.07) is 5.52. The summed E-state index contributed by atoms with van der Waals surface area (Å²) in [6.07, 6.45) is 0. The van der Waals surface area contributed by atoms with E-state index in [1.54, 1.807) is 11.8 Å². The highest BCUT2D eigenvalue weighted by molar-refractivity contribution is 7.99. The zero-order valence-corrected chi connectivity index (χ0v) is 10.9. The number of hydrogen-bond donors (Lipinski definition) is 2. The first-order valence-electron chi connectivity index (χ1n) is 5.65. The van der Waals surface area contributed by atoms with Crippen molar-refractivity contribution in [1.82, 2.24) is 10.2 Å². The zero-order valence-electron chi connectivity index (χ0n) is 10.1. The second kappa shape index (κ2) is 5.30. The monoisotopic (exact) mass is 265 g/mol. The van der Waals surface area contributed by atoms with Gasteiger partial charge in [-0.25, -0.2) is 4.79 Å². The van der Waals surface area contributed by atoms with E-state index in [-0.39, 0.29) is 18.5 Å². The van der Waals surface area contributed by atoms with E-state index in [4.69, 9.17) is 5.73 Å². The average Bonchev–Trinajstić information content (AvgIpc) is 2.65. The highest BCUT2D eigenvalue weighted by Gasteiger charge is 2.27. The van der Waals surface area contributed by atoms with Crippen molar-refractivity contribution in [2.45, 2.75) is 11.8 Å². The number of nitrogens with two attached hydrogens (primary N) is 1. The summed E-state index contributed by atoms with van der Waals surface area (Å²) in [7, 11) is 0. The van der Waals surface area contributed by atoms with Crippen LogP contribution < -0.4 is 11.1 Å². The maximum absolute atomic E-state index is 11.3. The number of carbonyl (C=O) groups is 2. The molecular formula is C12H15N3O2S. The number of urea groups is 1. The molecule has 1 aromatic carbocycles. The van der Waals surface area contributed by atoms with Gasteiger partial charge >= 0.3 is 6.03 Å². The number of benzene rings is 1. The molecule has 0 bridgehead atoms. The second-order valence-corrected chi connectivity index (χ2v) is 5.24. The normalized spacial score (nSPS) is 15.1. The van der Waals surface area contributed by atoms with Crippen molar-refractivity contribution in [1.29, 1.82) is 0 Å². The fourth-order valence-electron chi connectivity index (χ4n) is 1.67. The van der Waals surface area contributed by atoms with E-state index in [1.807, 2.05) is 25.1 Å². The van der Waals surface area contributed by atoms with Gasteiger partial charge in [0.25, 0.3) is 0 Å². The summed E-state index contributed by atoms with van der Waals surface area (Å²) < 4.78 is 0. The van der Waals surface area contributed by atoms with Crippen molar-refractivity contribution >= 4 is 29.4 Å². The van der Waals surface area contributed by atoms with E-state index in [9.17, 15) is 9.59 Å². The molecule has 5 nitrogen and oxygen atoms in total. The lowest BCUT2D eigenvalue weighted by atomic mass is 10.2. The molecule has 0 atom stereocenters. The quantitative estimate of drug-likeness (QED) is 0.487. The van der Waals surface area contributed by atoms with Crippen molar-refractivity contribution < 1.29 is 9.59 Å². The predicted octanol–water partition coefficient (Wildman–Crippen LogP) is 1.22. The van der Waals surface area contributed by atoms with E-state index >= 15 is 0 Å². The standard InChI is InChI=1S/C12H15N3O2S/c1-8-6-9(2-3-10(8)13)18-5-4-15-11(16)7-14-12(15)17/h2-3,6H,4-5,7,13H2,1H3,(H,14,17). The molecule has 3 amide bonds. The van der Waals surface area contributed by atoms with Crippen molar-refractivity contribution in [3.63, 3.8) is 0 Å². The van der Waals surface area contributed by atoms with Crippen LogP contribution in [0.15, 0.2) is 23.1 Å².